The second-order valence-electron chi connectivity index (χ2n) is 16.7. The lowest BCUT2D eigenvalue weighted by molar-refractivity contribution is 0.0937. The van der Waals surface area contributed by atoms with Crippen LogP contribution < -0.4 is 15.4 Å². The van der Waals surface area contributed by atoms with Crippen LogP contribution in [0.15, 0.2) is 18.2 Å². The number of rotatable bonds is 42. The molecule has 2 amide bonds. The largest absolute Gasteiger partial charge is 0.493 e. The van der Waals surface area contributed by atoms with Crippen LogP contribution in [0.2, 0.25) is 0 Å². The van der Waals surface area contributed by atoms with Gasteiger partial charge in [-0.1, -0.05) is 233 Å². The normalized spacial score (nSPS) is 11.3. The van der Waals surface area contributed by atoms with Crippen molar-refractivity contribution in [2.75, 3.05) is 19.7 Å². The Morgan fingerprint density at radius 3 is 1.07 bits per heavy atom. The zero-order valence-electron chi connectivity index (χ0n) is 37.0. The van der Waals surface area contributed by atoms with Crippen LogP contribution in [0.25, 0.3) is 0 Å². The molecule has 320 valence electrons. The first-order valence-corrected chi connectivity index (χ1v) is 24.5. The second kappa shape index (κ2) is 40.2. The minimum atomic E-state index is -0.101. The minimum absolute atomic E-state index is 0.0821. The molecule has 0 bridgehead atoms. The first kappa shape index (κ1) is 51.0. The van der Waals surface area contributed by atoms with Crippen LogP contribution in [-0.2, 0) is 0 Å². The van der Waals surface area contributed by atoms with Crippen molar-refractivity contribution in [3.05, 3.63) is 29.3 Å². The van der Waals surface area contributed by atoms with E-state index in [-0.39, 0.29) is 11.8 Å². The lowest BCUT2D eigenvalue weighted by Gasteiger charge is -2.14. The first-order valence-electron chi connectivity index (χ1n) is 24.5. The summed E-state index contributed by atoms with van der Waals surface area (Å²) in [4.78, 5) is 26.4. The van der Waals surface area contributed by atoms with E-state index in [4.69, 9.17) is 4.74 Å². The van der Waals surface area contributed by atoms with Gasteiger partial charge in [-0.15, -0.1) is 0 Å². The topological polar surface area (TPSA) is 67.4 Å². The van der Waals surface area contributed by atoms with Gasteiger partial charge in [0.2, 0.25) is 0 Å². The number of nitrogens with one attached hydrogen (secondary N) is 2. The Morgan fingerprint density at radius 1 is 0.400 bits per heavy atom. The van der Waals surface area contributed by atoms with Crippen LogP contribution in [0, 0.1) is 0 Å². The molecule has 0 unspecified atom stereocenters. The molecule has 0 fully saturated rings. The summed E-state index contributed by atoms with van der Waals surface area (Å²) in [5, 5.41) is 6.24. The van der Waals surface area contributed by atoms with Crippen LogP contribution in [-0.4, -0.2) is 31.5 Å². The van der Waals surface area contributed by atoms with Gasteiger partial charge in [0, 0.05) is 18.7 Å². The zero-order chi connectivity index (χ0) is 39.7. The van der Waals surface area contributed by atoms with E-state index in [1.807, 2.05) is 0 Å². The van der Waals surface area contributed by atoms with Gasteiger partial charge in [-0.2, -0.15) is 0 Å². The summed E-state index contributed by atoms with van der Waals surface area (Å²) in [6.45, 7) is 8.76. The molecule has 0 aliphatic heterocycles. The van der Waals surface area contributed by atoms with Gasteiger partial charge in [0.1, 0.15) is 5.75 Å². The lowest BCUT2D eigenvalue weighted by Crippen LogP contribution is -2.26. The molecule has 0 aliphatic rings. The van der Waals surface area contributed by atoms with E-state index in [0.717, 1.165) is 38.5 Å². The van der Waals surface area contributed by atoms with Crippen LogP contribution in [0.1, 0.15) is 273 Å². The average molecular weight is 769 g/mol. The molecule has 5 nitrogen and oxygen atoms in total. The summed E-state index contributed by atoms with van der Waals surface area (Å²) < 4.78 is 6.25. The Bertz CT molecular complexity index is 995. The highest BCUT2D eigenvalue weighted by Crippen LogP contribution is 2.22. The third-order valence-electron chi connectivity index (χ3n) is 11.4. The fourth-order valence-corrected chi connectivity index (χ4v) is 7.63. The molecule has 0 spiro atoms. The van der Waals surface area contributed by atoms with Gasteiger partial charge in [-0.25, -0.2) is 0 Å². The zero-order valence-corrected chi connectivity index (χ0v) is 37.0. The standard InChI is InChI=1S/C50H92N2O3/c1-4-7-10-13-16-19-22-23-24-27-30-33-36-39-44-55-48-45-46(49(53)51-42-37-34-31-28-25-20-17-14-11-8-5-2)40-41-47(48)50(54)52-43-38-35-32-29-26-21-18-15-12-9-6-3/h40-41,45H,4-39,42-44H2,1-3H3,(H,51,53)(H,52,54). The van der Waals surface area contributed by atoms with Gasteiger partial charge in [0.25, 0.3) is 11.8 Å². The van der Waals surface area contributed by atoms with Gasteiger partial charge < -0.3 is 15.4 Å². The first-order chi connectivity index (χ1) is 27.1. The van der Waals surface area contributed by atoms with E-state index < -0.39 is 0 Å². The quantitative estimate of drug-likeness (QED) is 0.0651. The van der Waals surface area contributed by atoms with E-state index in [1.54, 1.807) is 18.2 Å². The van der Waals surface area contributed by atoms with E-state index in [9.17, 15) is 9.59 Å². The molecule has 0 atom stereocenters. The number of unbranched alkanes of at least 4 members (excludes halogenated alkanes) is 33. The molecule has 0 aromatic heterocycles. The van der Waals surface area contributed by atoms with E-state index in [1.165, 1.54) is 193 Å². The van der Waals surface area contributed by atoms with Crippen molar-refractivity contribution in [3.8, 4) is 5.75 Å². The number of carbonyl (C=O) groups excluding carboxylic acids is 2. The minimum Gasteiger partial charge on any atom is -0.493 e. The summed E-state index contributed by atoms with van der Waals surface area (Å²) in [5.41, 5.74) is 1.11. The van der Waals surface area contributed by atoms with E-state index in [0.29, 0.717) is 36.6 Å². The van der Waals surface area contributed by atoms with Crippen molar-refractivity contribution in [2.45, 2.75) is 252 Å². The monoisotopic (exact) mass is 769 g/mol. The Hall–Kier alpha value is -2.04. The third-order valence-corrected chi connectivity index (χ3v) is 11.4. The summed E-state index contributed by atoms with van der Waals surface area (Å²) in [6.07, 6.45) is 46.9. The maximum atomic E-state index is 13.3. The maximum absolute atomic E-state index is 13.3. The van der Waals surface area contributed by atoms with Gasteiger partial charge >= 0.3 is 0 Å². The average Bonchev–Trinajstić information content (AvgIpc) is 3.20. The van der Waals surface area contributed by atoms with Crippen LogP contribution in [0.4, 0.5) is 0 Å². The van der Waals surface area contributed by atoms with Gasteiger partial charge in [-0.3, -0.25) is 9.59 Å². The molecule has 1 aromatic carbocycles. The second-order valence-corrected chi connectivity index (χ2v) is 16.7. The molecule has 1 aromatic rings. The van der Waals surface area contributed by atoms with Crippen molar-refractivity contribution in [1.82, 2.24) is 10.6 Å². The molecular formula is C50H92N2O3. The summed E-state index contributed by atoms with van der Waals surface area (Å²) >= 11 is 0. The predicted molar refractivity (Wildman–Crippen MR) is 240 cm³/mol. The number of benzene rings is 1. The van der Waals surface area contributed by atoms with Crippen LogP contribution >= 0.6 is 0 Å². The van der Waals surface area contributed by atoms with E-state index >= 15 is 0 Å². The Morgan fingerprint density at radius 2 is 0.709 bits per heavy atom. The Balaban J connectivity index is 2.44. The highest BCUT2D eigenvalue weighted by atomic mass is 16.5. The molecule has 0 radical (unpaired) electrons. The highest BCUT2D eigenvalue weighted by molar-refractivity contribution is 6.00. The number of carbonyl (C=O) groups is 2. The van der Waals surface area contributed by atoms with Gasteiger partial charge in [-0.05, 0) is 37.5 Å². The Kier molecular flexibility index (Phi) is 37.2. The predicted octanol–water partition coefficient (Wildman–Crippen LogP) is 15.6. The van der Waals surface area contributed by atoms with Crippen LogP contribution in [0.5, 0.6) is 5.75 Å². The SMILES string of the molecule is CCCCCCCCCCCCCCCCOc1cc(C(=O)NCCCCCCCCCCCCC)ccc1C(=O)NCCCCCCCCCCCCC. The van der Waals surface area contributed by atoms with Gasteiger partial charge in [0.05, 0.1) is 12.2 Å². The number of amides is 2. The van der Waals surface area contributed by atoms with Crippen LogP contribution in [0.3, 0.4) is 0 Å². The lowest BCUT2D eigenvalue weighted by atomic mass is 10.0. The molecule has 2 N–H and O–H groups in total. The molecule has 0 aliphatic carbocycles. The fraction of sp³-hybridized carbons (Fsp3) is 0.840. The third kappa shape index (κ3) is 31.7. The van der Waals surface area contributed by atoms with Crippen molar-refractivity contribution in [2.24, 2.45) is 0 Å². The van der Waals surface area contributed by atoms with Gasteiger partial charge in [0.15, 0.2) is 0 Å². The van der Waals surface area contributed by atoms with Crippen molar-refractivity contribution < 1.29 is 14.3 Å². The molecule has 5 heteroatoms. The molecule has 0 saturated carbocycles. The summed E-state index contributed by atoms with van der Waals surface area (Å²) in [5.74, 6) is 0.353. The number of hydrogen-bond acceptors (Lipinski definition) is 3. The summed E-state index contributed by atoms with van der Waals surface area (Å²) in [7, 11) is 0. The fourth-order valence-electron chi connectivity index (χ4n) is 7.63. The summed E-state index contributed by atoms with van der Waals surface area (Å²) in [6, 6.07) is 5.36. The number of ether oxygens (including phenoxy) is 1. The molecule has 0 heterocycles. The van der Waals surface area contributed by atoms with Crippen molar-refractivity contribution in [3.63, 3.8) is 0 Å². The Labute approximate surface area is 342 Å². The van der Waals surface area contributed by atoms with Crippen molar-refractivity contribution in [1.29, 1.82) is 0 Å². The maximum Gasteiger partial charge on any atom is 0.255 e. The van der Waals surface area contributed by atoms with Crippen molar-refractivity contribution >= 4 is 11.8 Å². The molecule has 55 heavy (non-hydrogen) atoms. The molecule has 0 saturated heterocycles. The molecule has 1 rings (SSSR count). The smallest absolute Gasteiger partial charge is 0.255 e. The molecular weight excluding hydrogens is 677 g/mol. The number of hydrogen-bond donors (Lipinski definition) is 2. The highest BCUT2D eigenvalue weighted by Gasteiger charge is 2.16. The van der Waals surface area contributed by atoms with E-state index in [2.05, 4.69) is 31.4 Å².